The number of carbonyl (C=O) groups is 2. The Morgan fingerprint density at radius 2 is 1.97 bits per heavy atom. The van der Waals surface area contributed by atoms with E-state index < -0.39 is 17.4 Å². The highest BCUT2D eigenvalue weighted by atomic mass is 19.1. The molecular formula is C27H35FN2O5. The van der Waals surface area contributed by atoms with Gasteiger partial charge in [-0.15, -0.1) is 0 Å². The molecule has 1 aromatic carbocycles. The third-order valence-electron chi connectivity index (χ3n) is 6.23. The zero-order chi connectivity index (χ0) is 25.4. The molecule has 2 aliphatic rings. The number of halogens is 1. The van der Waals surface area contributed by atoms with Crippen molar-refractivity contribution in [1.82, 2.24) is 9.80 Å². The molecule has 0 radical (unpaired) electrons. The molecule has 7 nitrogen and oxygen atoms in total. The van der Waals surface area contributed by atoms with Crippen LogP contribution in [0.2, 0.25) is 0 Å². The minimum absolute atomic E-state index is 0.000373. The number of amides is 2. The summed E-state index contributed by atoms with van der Waals surface area (Å²) in [5, 5.41) is 0. The summed E-state index contributed by atoms with van der Waals surface area (Å²) in [6, 6.07) is 6.19. The second-order valence-corrected chi connectivity index (χ2v) is 8.84. The summed E-state index contributed by atoms with van der Waals surface area (Å²) in [7, 11) is 1.83. The van der Waals surface area contributed by atoms with E-state index in [2.05, 4.69) is 0 Å². The highest BCUT2D eigenvalue weighted by Crippen LogP contribution is 2.30. The van der Waals surface area contributed by atoms with Gasteiger partial charge in [-0.1, -0.05) is 24.3 Å². The lowest BCUT2D eigenvalue weighted by atomic mass is 9.95. The van der Waals surface area contributed by atoms with Crippen LogP contribution in [0, 0.1) is 5.82 Å². The van der Waals surface area contributed by atoms with Gasteiger partial charge in [-0.2, -0.15) is 0 Å². The maximum Gasteiger partial charge on any atom is 0.350 e. The molecule has 35 heavy (non-hydrogen) atoms. The van der Waals surface area contributed by atoms with Crippen molar-refractivity contribution in [2.24, 2.45) is 0 Å². The fourth-order valence-electron chi connectivity index (χ4n) is 4.18. The Balaban J connectivity index is 1.60. The summed E-state index contributed by atoms with van der Waals surface area (Å²) in [5.74, 6) is -0.367. The van der Waals surface area contributed by atoms with Gasteiger partial charge in [0.15, 0.2) is 11.6 Å². The first-order chi connectivity index (χ1) is 16.8. The molecule has 0 bridgehead atoms. The number of para-hydroxylation sites is 1. The lowest BCUT2D eigenvalue weighted by Crippen LogP contribution is -2.43. The predicted molar refractivity (Wildman–Crippen MR) is 131 cm³/mol. The molecule has 0 aromatic heterocycles. The number of ether oxygens (including phenoxy) is 3. The Bertz CT molecular complexity index is 1010. The van der Waals surface area contributed by atoms with Crippen LogP contribution in [0.3, 0.4) is 0 Å². The van der Waals surface area contributed by atoms with Crippen molar-refractivity contribution in [2.45, 2.75) is 51.7 Å². The minimum atomic E-state index is -1.40. The third kappa shape index (κ3) is 6.65. The Hall–Kier alpha value is -3.29. The average molecular weight is 487 g/mol. The fraction of sp³-hybridized carbons (Fsp3) is 0.481. The normalized spacial score (nSPS) is 19.6. The molecule has 0 unspecified atom stereocenters. The standard InChI is InChI=1S/C27H35FN2O5/c1-5-30-19-21(29(4)26(30)32)16-17-34-22-11-9-10-20(14-15-22)18-27(3,25(31)33-6-2)35-24-13-8-7-12-23(24)28/h7-8,10-15,21H,5-6,9,16-19H2,1-4H3/t21-,27-/m0/s1. The molecule has 1 aromatic rings. The molecular weight excluding hydrogens is 451 g/mol. The quantitative estimate of drug-likeness (QED) is 0.419. The fourth-order valence-corrected chi connectivity index (χ4v) is 4.18. The van der Waals surface area contributed by atoms with E-state index in [1.807, 2.05) is 43.2 Å². The van der Waals surface area contributed by atoms with Crippen LogP contribution >= 0.6 is 0 Å². The van der Waals surface area contributed by atoms with Crippen LogP contribution in [0.1, 0.15) is 40.0 Å². The SMILES string of the molecule is CCOC(=O)[C@](C)(CC1=CCC=C(OCC[C@H]2CN(CC)C(=O)N2C)C=C1)Oc1ccccc1F. The molecule has 0 spiro atoms. The van der Waals surface area contributed by atoms with Crippen molar-refractivity contribution in [3.63, 3.8) is 0 Å². The number of carbonyl (C=O) groups excluding carboxylic acids is 2. The molecule has 2 atom stereocenters. The largest absolute Gasteiger partial charge is 0.494 e. The summed E-state index contributed by atoms with van der Waals surface area (Å²) in [6.45, 7) is 7.41. The van der Waals surface area contributed by atoms with Crippen LogP contribution in [-0.4, -0.2) is 66.8 Å². The number of benzene rings is 1. The van der Waals surface area contributed by atoms with E-state index in [9.17, 15) is 14.0 Å². The summed E-state index contributed by atoms with van der Waals surface area (Å²) in [4.78, 5) is 28.5. The van der Waals surface area contributed by atoms with Crippen molar-refractivity contribution in [3.8, 4) is 5.75 Å². The minimum Gasteiger partial charge on any atom is -0.494 e. The lowest BCUT2D eigenvalue weighted by molar-refractivity contribution is -0.160. The van der Waals surface area contributed by atoms with Crippen LogP contribution in [0.5, 0.6) is 5.75 Å². The van der Waals surface area contributed by atoms with Gasteiger partial charge >= 0.3 is 12.0 Å². The van der Waals surface area contributed by atoms with Crippen molar-refractivity contribution >= 4 is 12.0 Å². The third-order valence-corrected chi connectivity index (χ3v) is 6.23. The van der Waals surface area contributed by atoms with Crippen molar-refractivity contribution in [3.05, 3.63) is 65.7 Å². The number of hydrogen-bond acceptors (Lipinski definition) is 5. The van der Waals surface area contributed by atoms with Crippen LogP contribution in [0.25, 0.3) is 0 Å². The average Bonchev–Trinajstić information content (AvgIpc) is 2.98. The number of rotatable bonds is 11. The molecule has 190 valence electrons. The second-order valence-electron chi connectivity index (χ2n) is 8.84. The highest BCUT2D eigenvalue weighted by molar-refractivity contribution is 5.80. The van der Waals surface area contributed by atoms with Gasteiger partial charge in [0.2, 0.25) is 5.60 Å². The van der Waals surface area contributed by atoms with Gasteiger partial charge in [-0.25, -0.2) is 14.0 Å². The van der Waals surface area contributed by atoms with E-state index in [-0.39, 0.29) is 30.9 Å². The molecule has 3 rings (SSSR count). The molecule has 0 N–H and O–H groups in total. The van der Waals surface area contributed by atoms with Gasteiger partial charge in [0.05, 0.1) is 19.3 Å². The summed E-state index contributed by atoms with van der Waals surface area (Å²) < 4.78 is 31.3. The molecule has 1 fully saturated rings. The van der Waals surface area contributed by atoms with Crippen LogP contribution in [-0.2, 0) is 14.3 Å². The van der Waals surface area contributed by atoms with Crippen LogP contribution in [0.4, 0.5) is 9.18 Å². The van der Waals surface area contributed by atoms with Crippen molar-refractivity contribution in [2.75, 3.05) is 33.4 Å². The van der Waals surface area contributed by atoms with Crippen LogP contribution < -0.4 is 4.74 Å². The number of hydrogen-bond donors (Lipinski definition) is 0. The van der Waals surface area contributed by atoms with E-state index in [1.165, 1.54) is 12.1 Å². The monoisotopic (exact) mass is 486 g/mol. The maximum atomic E-state index is 14.2. The lowest BCUT2D eigenvalue weighted by Gasteiger charge is -2.29. The summed E-state index contributed by atoms with van der Waals surface area (Å²) in [5.41, 5.74) is -0.545. The van der Waals surface area contributed by atoms with Gasteiger partial charge in [-0.05, 0) is 57.0 Å². The van der Waals surface area contributed by atoms with Gasteiger partial charge in [0, 0.05) is 33.0 Å². The van der Waals surface area contributed by atoms with E-state index in [0.29, 0.717) is 26.1 Å². The van der Waals surface area contributed by atoms with E-state index in [4.69, 9.17) is 14.2 Å². The van der Waals surface area contributed by atoms with Gasteiger partial charge in [0.1, 0.15) is 5.76 Å². The van der Waals surface area contributed by atoms with Gasteiger partial charge < -0.3 is 24.0 Å². The Kier molecular flexibility index (Phi) is 8.95. The van der Waals surface area contributed by atoms with Gasteiger partial charge in [0.25, 0.3) is 0 Å². The number of urea groups is 1. The second kappa shape index (κ2) is 11.9. The van der Waals surface area contributed by atoms with Crippen molar-refractivity contribution in [1.29, 1.82) is 0 Å². The van der Waals surface area contributed by atoms with E-state index >= 15 is 0 Å². The van der Waals surface area contributed by atoms with Crippen LogP contribution in [0.15, 0.2) is 59.9 Å². The predicted octanol–water partition coefficient (Wildman–Crippen LogP) is 4.85. The molecule has 8 heteroatoms. The number of likely N-dealkylation sites (N-methyl/N-ethyl adjacent to an activating group) is 2. The number of esters is 1. The van der Waals surface area contributed by atoms with Crippen molar-refractivity contribution < 1.29 is 28.2 Å². The topological polar surface area (TPSA) is 68.3 Å². The maximum absolute atomic E-state index is 14.2. The first kappa shape index (κ1) is 26.3. The Morgan fingerprint density at radius 3 is 2.66 bits per heavy atom. The molecule has 1 saturated heterocycles. The molecule has 1 heterocycles. The van der Waals surface area contributed by atoms with E-state index in [0.717, 1.165) is 17.8 Å². The molecule has 2 amide bonds. The number of nitrogens with zero attached hydrogens (tertiary/aromatic N) is 2. The van der Waals surface area contributed by atoms with E-state index in [1.54, 1.807) is 30.9 Å². The zero-order valence-corrected chi connectivity index (χ0v) is 21.0. The summed E-state index contributed by atoms with van der Waals surface area (Å²) in [6.07, 6.45) is 9.24. The molecule has 1 aliphatic heterocycles. The smallest absolute Gasteiger partial charge is 0.350 e. The number of allylic oxidation sites excluding steroid dienone is 4. The first-order valence-corrected chi connectivity index (χ1v) is 12.1. The highest BCUT2D eigenvalue weighted by Gasteiger charge is 2.39. The molecule has 0 saturated carbocycles. The zero-order valence-electron chi connectivity index (χ0n) is 21.0. The summed E-state index contributed by atoms with van der Waals surface area (Å²) >= 11 is 0. The molecule has 1 aliphatic carbocycles. The van der Waals surface area contributed by atoms with Gasteiger partial charge in [-0.3, -0.25) is 0 Å². The Labute approximate surface area is 206 Å². The first-order valence-electron chi connectivity index (χ1n) is 12.1. The Morgan fingerprint density at radius 1 is 1.20 bits per heavy atom.